The summed E-state index contributed by atoms with van der Waals surface area (Å²) >= 11 is 0. The van der Waals surface area contributed by atoms with Crippen molar-refractivity contribution in [1.82, 2.24) is 5.32 Å². The molecule has 1 fully saturated rings. The molecule has 3 heteroatoms. The molecular formula is C10H21NO2. The van der Waals surface area contributed by atoms with Gasteiger partial charge in [-0.2, -0.15) is 0 Å². The van der Waals surface area contributed by atoms with Crippen LogP contribution in [0.3, 0.4) is 0 Å². The summed E-state index contributed by atoms with van der Waals surface area (Å²) in [7, 11) is 1.75. The highest BCUT2D eigenvalue weighted by molar-refractivity contribution is 4.83. The molecule has 4 atom stereocenters. The Morgan fingerprint density at radius 1 is 1.46 bits per heavy atom. The van der Waals surface area contributed by atoms with E-state index in [0.29, 0.717) is 18.2 Å². The SMILES string of the molecule is COC(C)C(C)NC1CCOC1C. The maximum absolute atomic E-state index is 5.48. The van der Waals surface area contributed by atoms with Crippen LogP contribution in [0.1, 0.15) is 27.2 Å². The summed E-state index contributed by atoms with van der Waals surface area (Å²) in [5, 5.41) is 3.53. The van der Waals surface area contributed by atoms with Gasteiger partial charge in [0.1, 0.15) is 0 Å². The quantitative estimate of drug-likeness (QED) is 0.717. The fourth-order valence-corrected chi connectivity index (χ4v) is 1.63. The third-order valence-corrected chi connectivity index (χ3v) is 2.93. The third-order valence-electron chi connectivity index (χ3n) is 2.93. The fraction of sp³-hybridized carbons (Fsp3) is 1.00. The van der Waals surface area contributed by atoms with E-state index in [4.69, 9.17) is 9.47 Å². The lowest BCUT2D eigenvalue weighted by Crippen LogP contribution is -2.45. The first-order chi connectivity index (χ1) is 6.15. The van der Waals surface area contributed by atoms with Crippen LogP contribution < -0.4 is 5.32 Å². The highest BCUT2D eigenvalue weighted by Crippen LogP contribution is 2.14. The molecule has 1 aliphatic rings. The molecule has 0 aliphatic carbocycles. The van der Waals surface area contributed by atoms with E-state index in [-0.39, 0.29) is 6.10 Å². The van der Waals surface area contributed by atoms with Crippen LogP contribution in [0.15, 0.2) is 0 Å². The summed E-state index contributed by atoms with van der Waals surface area (Å²) in [6.07, 6.45) is 1.71. The number of methoxy groups -OCH3 is 1. The van der Waals surface area contributed by atoms with Crippen LogP contribution in [0.4, 0.5) is 0 Å². The van der Waals surface area contributed by atoms with Crippen LogP contribution >= 0.6 is 0 Å². The average Bonchev–Trinajstić information content (AvgIpc) is 2.50. The van der Waals surface area contributed by atoms with Gasteiger partial charge in [0.2, 0.25) is 0 Å². The van der Waals surface area contributed by atoms with Crippen molar-refractivity contribution in [2.75, 3.05) is 13.7 Å². The van der Waals surface area contributed by atoms with Gasteiger partial charge in [-0.25, -0.2) is 0 Å². The lowest BCUT2D eigenvalue weighted by molar-refractivity contribution is 0.0723. The van der Waals surface area contributed by atoms with E-state index in [2.05, 4.69) is 26.1 Å². The topological polar surface area (TPSA) is 30.5 Å². The molecule has 1 saturated heterocycles. The zero-order chi connectivity index (χ0) is 9.84. The number of nitrogens with one attached hydrogen (secondary N) is 1. The lowest BCUT2D eigenvalue weighted by atomic mass is 10.1. The lowest BCUT2D eigenvalue weighted by Gasteiger charge is -2.25. The van der Waals surface area contributed by atoms with Crippen molar-refractivity contribution >= 4 is 0 Å². The molecular weight excluding hydrogens is 166 g/mol. The molecule has 1 N–H and O–H groups in total. The maximum Gasteiger partial charge on any atom is 0.0700 e. The van der Waals surface area contributed by atoms with E-state index in [1.165, 1.54) is 0 Å². The third kappa shape index (κ3) is 2.93. The smallest absolute Gasteiger partial charge is 0.0700 e. The Hall–Kier alpha value is -0.120. The summed E-state index contributed by atoms with van der Waals surface area (Å²) in [4.78, 5) is 0. The molecule has 0 bridgehead atoms. The van der Waals surface area contributed by atoms with Crippen molar-refractivity contribution in [2.45, 2.75) is 51.5 Å². The van der Waals surface area contributed by atoms with Crippen LogP contribution in [0.5, 0.6) is 0 Å². The van der Waals surface area contributed by atoms with E-state index in [1.807, 2.05) is 0 Å². The van der Waals surface area contributed by atoms with Crippen LogP contribution in [-0.2, 0) is 9.47 Å². The normalized spacial score (nSPS) is 33.2. The first-order valence-corrected chi connectivity index (χ1v) is 5.05. The van der Waals surface area contributed by atoms with Crippen LogP contribution in [0, 0.1) is 0 Å². The van der Waals surface area contributed by atoms with E-state index in [9.17, 15) is 0 Å². The van der Waals surface area contributed by atoms with Crippen molar-refractivity contribution in [1.29, 1.82) is 0 Å². The second-order valence-corrected chi connectivity index (χ2v) is 3.87. The van der Waals surface area contributed by atoms with Gasteiger partial charge in [0, 0.05) is 25.8 Å². The Labute approximate surface area is 80.8 Å². The molecule has 1 heterocycles. The number of hydrogen-bond acceptors (Lipinski definition) is 3. The van der Waals surface area contributed by atoms with Gasteiger partial charge in [-0.1, -0.05) is 0 Å². The van der Waals surface area contributed by atoms with E-state index in [1.54, 1.807) is 7.11 Å². The second-order valence-electron chi connectivity index (χ2n) is 3.87. The van der Waals surface area contributed by atoms with Crippen LogP contribution in [0.25, 0.3) is 0 Å². The second kappa shape index (κ2) is 4.94. The highest BCUT2D eigenvalue weighted by atomic mass is 16.5. The van der Waals surface area contributed by atoms with Crippen LogP contribution in [-0.4, -0.2) is 38.0 Å². The average molecular weight is 187 g/mol. The van der Waals surface area contributed by atoms with Gasteiger partial charge in [-0.15, -0.1) is 0 Å². The summed E-state index contributed by atoms with van der Waals surface area (Å²) in [5.41, 5.74) is 0. The minimum Gasteiger partial charge on any atom is -0.380 e. The Kier molecular flexibility index (Phi) is 4.16. The molecule has 78 valence electrons. The van der Waals surface area contributed by atoms with Gasteiger partial charge < -0.3 is 14.8 Å². The predicted molar refractivity (Wildman–Crippen MR) is 52.9 cm³/mol. The highest BCUT2D eigenvalue weighted by Gasteiger charge is 2.26. The minimum absolute atomic E-state index is 0.257. The van der Waals surface area contributed by atoms with E-state index in [0.717, 1.165) is 13.0 Å². The molecule has 3 nitrogen and oxygen atoms in total. The van der Waals surface area contributed by atoms with Crippen molar-refractivity contribution in [3.63, 3.8) is 0 Å². The molecule has 1 aliphatic heterocycles. The summed E-state index contributed by atoms with van der Waals surface area (Å²) in [6.45, 7) is 7.24. The Bertz CT molecular complexity index is 152. The van der Waals surface area contributed by atoms with Gasteiger partial charge in [-0.3, -0.25) is 0 Å². The zero-order valence-electron chi connectivity index (χ0n) is 9.04. The number of hydrogen-bond donors (Lipinski definition) is 1. The van der Waals surface area contributed by atoms with Crippen molar-refractivity contribution in [2.24, 2.45) is 0 Å². The molecule has 4 unspecified atom stereocenters. The summed E-state index contributed by atoms with van der Waals surface area (Å²) in [5.74, 6) is 0. The minimum atomic E-state index is 0.257. The van der Waals surface area contributed by atoms with E-state index >= 15 is 0 Å². The molecule has 1 rings (SSSR count). The molecule has 0 saturated carbocycles. The van der Waals surface area contributed by atoms with Gasteiger partial charge in [0.05, 0.1) is 12.2 Å². The Morgan fingerprint density at radius 3 is 2.62 bits per heavy atom. The fourth-order valence-electron chi connectivity index (χ4n) is 1.63. The standard InChI is InChI=1S/C10H21NO2/c1-7(8(2)12-4)11-10-5-6-13-9(10)3/h7-11H,5-6H2,1-4H3. The Morgan fingerprint density at radius 2 is 2.15 bits per heavy atom. The number of ether oxygens (including phenoxy) is 2. The molecule has 0 aromatic heterocycles. The monoisotopic (exact) mass is 187 g/mol. The van der Waals surface area contributed by atoms with Crippen molar-refractivity contribution in [3.05, 3.63) is 0 Å². The molecule has 0 aromatic carbocycles. The van der Waals surface area contributed by atoms with E-state index < -0.39 is 0 Å². The van der Waals surface area contributed by atoms with Gasteiger partial charge in [0.15, 0.2) is 0 Å². The molecule has 0 spiro atoms. The van der Waals surface area contributed by atoms with Crippen LogP contribution in [0.2, 0.25) is 0 Å². The predicted octanol–water partition coefficient (Wildman–Crippen LogP) is 1.18. The molecule has 0 amide bonds. The van der Waals surface area contributed by atoms with Gasteiger partial charge in [-0.05, 0) is 27.2 Å². The Balaban J connectivity index is 2.30. The molecule has 0 radical (unpaired) electrons. The summed E-state index contributed by atoms with van der Waals surface area (Å²) < 4.78 is 10.7. The first-order valence-electron chi connectivity index (χ1n) is 5.05. The zero-order valence-corrected chi connectivity index (χ0v) is 9.04. The van der Waals surface area contributed by atoms with Gasteiger partial charge >= 0.3 is 0 Å². The summed E-state index contributed by atoms with van der Waals surface area (Å²) in [6, 6.07) is 0.881. The number of rotatable bonds is 4. The maximum atomic E-state index is 5.48. The largest absolute Gasteiger partial charge is 0.380 e. The van der Waals surface area contributed by atoms with Crippen molar-refractivity contribution < 1.29 is 9.47 Å². The molecule has 0 aromatic rings. The van der Waals surface area contributed by atoms with Gasteiger partial charge in [0.25, 0.3) is 0 Å². The molecule has 13 heavy (non-hydrogen) atoms. The first kappa shape index (κ1) is 11.0. The van der Waals surface area contributed by atoms with Crippen molar-refractivity contribution in [3.8, 4) is 0 Å².